The van der Waals surface area contributed by atoms with Gasteiger partial charge in [0.05, 0.1) is 0 Å². The van der Waals surface area contributed by atoms with Gasteiger partial charge in [0.1, 0.15) is 6.10 Å². The standard InChI is InChI=1S/C10H19NO2/c1-8(2)10(12)13-9(3)6-7-11(4)5/h9H,1,6-7H2,2-5H3. The minimum absolute atomic E-state index is 0.0356. The first-order chi connectivity index (χ1) is 5.93. The van der Waals surface area contributed by atoms with Crippen molar-refractivity contribution in [3.63, 3.8) is 0 Å². The van der Waals surface area contributed by atoms with Gasteiger partial charge in [0.25, 0.3) is 0 Å². The van der Waals surface area contributed by atoms with Gasteiger partial charge in [-0.25, -0.2) is 4.79 Å². The highest BCUT2D eigenvalue weighted by Crippen LogP contribution is 2.02. The van der Waals surface area contributed by atoms with E-state index in [1.807, 2.05) is 21.0 Å². The van der Waals surface area contributed by atoms with Crippen molar-refractivity contribution in [3.05, 3.63) is 12.2 Å². The molecule has 0 aromatic rings. The lowest BCUT2D eigenvalue weighted by Crippen LogP contribution is -2.22. The molecule has 0 aromatic heterocycles. The lowest BCUT2D eigenvalue weighted by molar-refractivity contribution is -0.143. The number of ether oxygens (including phenoxy) is 1. The molecule has 76 valence electrons. The third-order valence-electron chi connectivity index (χ3n) is 1.64. The molecule has 3 heteroatoms. The molecule has 0 spiro atoms. The minimum Gasteiger partial charge on any atom is -0.459 e. The smallest absolute Gasteiger partial charge is 0.333 e. The van der Waals surface area contributed by atoms with Crippen LogP contribution in [-0.4, -0.2) is 37.6 Å². The molecular weight excluding hydrogens is 166 g/mol. The molecule has 0 rings (SSSR count). The number of nitrogens with zero attached hydrogens (tertiary/aromatic N) is 1. The average molecular weight is 185 g/mol. The quantitative estimate of drug-likeness (QED) is 0.479. The Balaban J connectivity index is 3.68. The van der Waals surface area contributed by atoms with Crippen LogP contribution < -0.4 is 0 Å². The molecule has 1 unspecified atom stereocenters. The van der Waals surface area contributed by atoms with Crippen molar-refractivity contribution >= 4 is 5.97 Å². The zero-order chi connectivity index (χ0) is 10.4. The van der Waals surface area contributed by atoms with Crippen molar-refractivity contribution in [1.29, 1.82) is 0 Å². The summed E-state index contributed by atoms with van der Waals surface area (Å²) in [4.78, 5) is 13.1. The maximum atomic E-state index is 11.1. The molecule has 0 aliphatic heterocycles. The summed E-state index contributed by atoms with van der Waals surface area (Å²) in [7, 11) is 3.99. The fourth-order valence-electron chi connectivity index (χ4n) is 0.782. The fourth-order valence-corrected chi connectivity index (χ4v) is 0.782. The SMILES string of the molecule is C=C(C)C(=O)OC(C)CCN(C)C. The summed E-state index contributed by atoms with van der Waals surface area (Å²) in [6, 6.07) is 0. The lowest BCUT2D eigenvalue weighted by atomic mass is 10.2. The molecule has 0 radical (unpaired) electrons. The van der Waals surface area contributed by atoms with E-state index in [2.05, 4.69) is 11.5 Å². The molecule has 0 amide bonds. The van der Waals surface area contributed by atoms with Gasteiger partial charge < -0.3 is 9.64 Å². The summed E-state index contributed by atoms with van der Waals surface area (Å²) in [5.41, 5.74) is 0.455. The van der Waals surface area contributed by atoms with Gasteiger partial charge in [0.2, 0.25) is 0 Å². The predicted octanol–water partition coefficient (Wildman–Crippen LogP) is 1.45. The van der Waals surface area contributed by atoms with Crippen LogP contribution in [0.4, 0.5) is 0 Å². The number of hydrogen-bond acceptors (Lipinski definition) is 3. The van der Waals surface area contributed by atoms with E-state index < -0.39 is 0 Å². The van der Waals surface area contributed by atoms with Gasteiger partial charge in [0, 0.05) is 12.1 Å². The summed E-state index contributed by atoms with van der Waals surface area (Å²) in [5, 5.41) is 0. The van der Waals surface area contributed by atoms with Gasteiger partial charge in [-0.15, -0.1) is 0 Å². The van der Waals surface area contributed by atoms with Crippen LogP contribution in [0, 0.1) is 0 Å². The van der Waals surface area contributed by atoms with Crippen LogP contribution >= 0.6 is 0 Å². The van der Waals surface area contributed by atoms with Crippen molar-refractivity contribution in [2.24, 2.45) is 0 Å². The highest BCUT2D eigenvalue weighted by atomic mass is 16.5. The number of rotatable bonds is 5. The van der Waals surface area contributed by atoms with E-state index in [9.17, 15) is 4.79 Å². The molecule has 3 nitrogen and oxygen atoms in total. The summed E-state index contributed by atoms with van der Waals surface area (Å²) < 4.78 is 5.10. The zero-order valence-corrected chi connectivity index (χ0v) is 8.96. The van der Waals surface area contributed by atoms with E-state index in [4.69, 9.17) is 4.74 Å². The highest BCUT2D eigenvalue weighted by Gasteiger charge is 2.09. The van der Waals surface area contributed by atoms with Crippen molar-refractivity contribution in [3.8, 4) is 0 Å². The lowest BCUT2D eigenvalue weighted by Gasteiger charge is -2.15. The Hall–Kier alpha value is -0.830. The first kappa shape index (κ1) is 12.2. The first-order valence-corrected chi connectivity index (χ1v) is 4.44. The number of esters is 1. The van der Waals surface area contributed by atoms with Gasteiger partial charge in [-0.1, -0.05) is 6.58 Å². The largest absolute Gasteiger partial charge is 0.459 e. The van der Waals surface area contributed by atoms with Gasteiger partial charge in [0.15, 0.2) is 0 Å². The Morgan fingerprint density at radius 2 is 2.08 bits per heavy atom. The Labute approximate surface area is 80.4 Å². The van der Waals surface area contributed by atoms with Crippen molar-refractivity contribution in [2.75, 3.05) is 20.6 Å². The molecule has 0 N–H and O–H groups in total. The maximum Gasteiger partial charge on any atom is 0.333 e. The Morgan fingerprint density at radius 3 is 2.46 bits per heavy atom. The van der Waals surface area contributed by atoms with Gasteiger partial charge in [-0.3, -0.25) is 0 Å². The molecular formula is C10H19NO2. The predicted molar refractivity (Wildman–Crippen MR) is 53.5 cm³/mol. The van der Waals surface area contributed by atoms with Crippen molar-refractivity contribution < 1.29 is 9.53 Å². The zero-order valence-electron chi connectivity index (χ0n) is 8.96. The number of hydrogen-bond donors (Lipinski definition) is 0. The monoisotopic (exact) mass is 185 g/mol. The van der Waals surface area contributed by atoms with E-state index in [0.717, 1.165) is 13.0 Å². The third-order valence-corrected chi connectivity index (χ3v) is 1.64. The Kier molecular flexibility index (Phi) is 5.39. The molecule has 13 heavy (non-hydrogen) atoms. The number of carbonyl (C=O) groups excluding carboxylic acids is 1. The van der Waals surface area contributed by atoms with Crippen LogP contribution in [0.15, 0.2) is 12.2 Å². The van der Waals surface area contributed by atoms with E-state index in [-0.39, 0.29) is 12.1 Å². The van der Waals surface area contributed by atoms with Gasteiger partial charge in [-0.2, -0.15) is 0 Å². The van der Waals surface area contributed by atoms with Gasteiger partial charge >= 0.3 is 5.97 Å². The van der Waals surface area contributed by atoms with Crippen LogP contribution in [0.2, 0.25) is 0 Å². The van der Waals surface area contributed by atoms with Crippen LogP contribution in [0.5, 0.6) is 0 Å². The summed E-state index contributed by atoms with van der Waals surface area (Å²) in [6.45, 7) is 7.99. The Morgan fingerprint density at radius 1 is 1.54 bits per heavy atom. The molecule has 0 fully saturated rings. The second-order valence-electron chi connectivity index (χ2n) is 3.59. The van der Waals surface area contributed by atoms with Crippen LogP contribution in [-0.2, 0) is 9.53 Å². The molecule has 0 aliphatic rings. The molecule has 0 aromatic carbocycles. The summed E-state index contributed by atoms with van der Waals surface area (Å²) in [5.74, 6) is -0.300. The summed E-state index contributed by atoms with van der Waals surface area (Å²) >= 11 is 0. The van der Waals surface area contributed by atoms with Gasteiger partial charge in [-0.05, 0) is 34.4 Å². The molecule has 0 bridgehead atoms. The topological polar surface area (TPSA) is 29.5 Å². The normalized spacial score (nSPS) is 12.7. The number of carbonyl (C=O) groups is 1. The van der Waals surface area contributed by atoms with E-state index in [1.54, 1.807) is 6.92 Å². The molecule has 0 heterocycles. The van der Waals surface area contributed by atoms with Crippen LogP contribution in [0.3, 0.4) is 0 Å². The maximum absolute atomic E-state index is 11.1. The van der Waals surface area contributed by atoms with Crippen LogP contribution in [0.1, 0.15) is 20.3 Å². The second-order valence-corrected chi connectivity index (χ2v) is 3.59. The van der Waals surface area contributed by atoms with E-state index >= 15 is 0 Å². The molecule has 0 saturated heterocycles. The Bertz CT molecular complexity index is 187. The fraction of sp³-hybridized carbons (Fsp3) is 0.700. The molecule has 0 saturated carbocycles. The molecule has 0 aliphatic carbocycles. The van der Waals surface area contributed by atoms with Crippen molar-refractivity contribution in [1.82, 2.24) is 4.90 Å². The van der Waals surface area contributed by atoms with E-state index in [0.29, 0.717) is 5.57 Å². The summed E-state index contributed by atoms with van der Waals surface area (Å²) in [6.07, 6.45) is 0.818. The molecule has 1 atom stereocenters. The second kappa shape index (κ2) is 5.75. The minimum atomic E-state index is -0.300. The first-order valence-electron chi connectivity index (χ1n) is 4.44. The highest BCUT2D eigenvalue weighted by molar-refractivity contribution is 5.87. The average Bonchev–Trinajstić information content (AvgIpc) is 2.00. The van der Waals surface area contributed by atoms with Crippen molar-refractivity contribution in [2.45, 2.75) is 26.4 Å². The van der Waals surface area contributed by atoms with Crippen LogP contribution in [0.25, 0.3) is 0 Å². The third kappa shape index (κ3) is 6.34. The van der Waals surface area contributed by atoms with E-state index in [1.165, 1.54) is 0 Å².